The summed E-state index contributed by atoms with van der Waals surface area (Å²) in [5.74, 6) is 1.19. The van der Waals surface area contributed by atoms with Crippen molar-refractivity contribution in [2.24, 2.45) is 0 Å². The van der Waals surface area contributed by atoms with E-state index in [1.165, 1.54) is 0 Å². The molecule has 0 aliphatic carbocycles. The van der Waals surface area contributed by atoms with Gasteiger partial charge in [-0.3, -0.25) is 0 Å². The molecule has 0 aliphatic heterocycles. The fraction of sp³-hybridized carbons (Fsp3) is 0. The molecule has 0 saturated carbocycles. The van der Waals surface area contributed by atoms with E-state index in [0.29, 0.717) is 62.0 Å². The lowest BCUT2D eigenvalue weighted by atomic mass is 9.59. The van der Waals surface area contributed by atoms with E-state index in [1.807, 2.05) is 91.0 Å². The van der Waals surface area contributed by atoms with E-state index in [9.17, 15) is 0 Å². The quantitative estimate of drug-likeness (QED) is 0.204. The molecule has 6 aromatic carbocycles. The average molecular weight is 650 g/mol. The van der Waals surface area contributed by atoms with Gasteiger partial charge in [0.15, 0.2) is 17.5 Å². The second-order valence-electron chi connectivity index (χ2n) is 12.6. The topological polar surface area (TPSA) is 51.8 Å². The molecule has 4 nitrogen and oxygen atoms in total. The van der Waals surface area contributed by atoms with E-state index in [0.717, 1.165) is 16.3 Å². The van der Waals surface area contributed by atoms with Crippen LogP contribution in [-0.4, -0.2) is 93.4 Å². The van der Waals surface area contributed by atoms with Crippen molar-refractivity contribution in [2.45, 2.75) is 0 Å². The van der Waals surface area contributed by atoms with Crippen LogP contribution in [0.4, 0.5) is 0 Å². The van der Waals surface area contributed by atoms with Gasteiger partial charge in [-0.2, -0.15) is 0 Å². The van der Waals surface area contributed by atoms with Gasteiger partial charge in [-0.05, 0) is 28.8 Å². The van der Waals surface area contributed by atoms with E-state index in [1.54, 1.807) is 0 Å². The van der Waals surface area contributed by atoms with E-state index < -0.39 is 0 Å². The number of benzene rings is 6. The molecular formula is C39H15B10N3O. The maximum atomic E-state index is 6.68. The number of aromatic nitrogens is 3. The van der Waals surface area contributed by atoms with Crippen molar-refractivity contribution in [3.63, 3.8) is 0 Å². The second-order valence-corrected chi connectivity index (χ2v) is 12.6. The molecule has 53 heavy (non-hydrogen) atoms. The lowest BCUT2D eigenvalue weighted by Gasteiger charge is -2.21. The summed E-state index contributed by atoms with van der Waals surface area (Å²) in [6.07, 6.45) is 0. The Labute approximate surface area is 320 Å². The van der Waals surface area contributed by atoms with Crippen molar-refractivity contribution >= 4 is 155 Å². The molecule has 0 unspecified atom stereocenters. The number of hydrogen-bond acceptors (Lipinski definition) is 4. The summed E-state index contributed by atoms with van der Waals surface area (Å²) in [6, 6.07) is 28.4. The van der Waals surface area contributed by atoms with Crippen molar-refractivity contribution < 1.29 is 4.42 Å². The highest BCUT2D eigenvalue weighted by Crippen LogP contribution is 2.39. The highest BCUT2D eigenvalue weighted by atomic mass is 16.3. The standard InChI is InChI=1S/C39H15B10N3O/c40-25-23(26(41)30(45)33(48)29(25)44)17-9-4-10-18(15-17)38-50-37(16-7-2-1-3-8-16)51-39(52-38)22-14-6-12-20-19-11-5-13-21(35(19)53-36(20)22)24-27(42)31(46)34(49)32(47)28(24)43/h1-15H. The Morgan fingerprint density at radius 1 is 0.340 bits per heavy atom. The number of furan rings is 1. The van der Waals surface area contributed by atoms with E-state index >= 15 is 0 Å². The number of nitrogens with zero attached hydrogens (tertiary/aromatic N) is 3. The molecular weight excluding hydrogens is 635 g/mol. The summed E-state index contributed by atoms with van der Waals surface area (Å²) in [6.45, 7) is 0. The average Bonchev–Trinajstić information content (AvgIpc) is 3.58. The number of hydrogen-bond donors (Lipinski definition) is 0. The van der Waals surface area contributed by atoms with Gasteiger partial charge in [-0.15, -0.1) is 32.8 Å². The summed E-state index contributed by atoms with van der Waals surface area (Å²) in [5, 5.41) is 1.61. The zero-order chi connectivity index (χ0) is 37.3. The summed E-state index contributed by atoms with van der Waals surface area (Å²) in [5.41, 5.74) is 6.92. The van der Waals surface area contributed by atoms with Crippen LogP contribution in [0, 0.1) is 0 Å². The second kappa shape index (κ2) is 13.3. The van der Waals surface area contributed by atoms with Gasteiger partial charge < -0.3 is 4.42 Å². The first kappa shape index (κ1) is 34.8. The molecule has 14 heteroatoms. The van der Waals surface area contributed by atoms with Gasteiger partial charge in [0.2, 0.25) is 0 Å². The molecule has 0 fully saturated rings. The van der Waals surface area contributed by atoms with Crippen LogP contribution in [0.2, 0.25) is 0 Å². The van der Waals surface area contributed by atoms with Crippen molar-refractivity contribution in [3.8, 4) is 56.4 Å². The molecule has 8 rings (SSSR count). The Morgan fingerprint density at radius 2 is 0.755 bits per heavy atom. The normalized spacial score (nSPS) is 11.4. The Hall–Kier alpha value is -5.22. The molecule has 0 atom stereocenters. The molecule has 0 N–H and O–H groups in total. The Morgan fingerprint density at radius 3 is 1.34 bits per heavy atom. The molecule has 0 spiro atoms. The van der Waals surface area contributed by atoms with Crippen LogP contribution in [0.1, 0.15) is 0 Å². The van der Waals surface area contributed by atoms with Crippen molar-refractivity contribution in [1.29, 1.82) is 0 Å². The molecule has 2 aromatic heterocycles. The summed E-state index contributed by atoms with van der Waals surface area (Å²) in [7, 11) is 62.8. The van der Waals surface area contributed by atoms with Crippen LogP contribution < -0.4 is 54.6 Å². The van der Waals surface area contributed by atoms with Crippen molar-refractivity contribution in [1.82, 2.24) is 15.0 Å². The lowest BCUT2D eigenvalue weighted by molar-refractivity contribution is 0.670. The smallest absolute Gasteiger partial charge is 0.167 e. The van der Waals surface area contributed by atoms with Crippen molar-refractivity contribution in [3.05, 3.63) is 91.0 Å². The monoisotopic (exact) mass is 651 g/mol. The summed E-state index contributed by atoms with van der Waals surface area (Å²) in [4.78, 5) is 14.8. The Balaban J connectivity index is 1.35. The molecule has 2 heterocycles. The van der Waals surface area contributed by atoms with E-state index in [-0.39, 0.29) is 54.6 Å². The molecule has 0 amide bonds. The highest BCUT2D eigenvalue weighted by Gasteiger charge is 2.22. The van der Waals surface area contributed by atoms with Crippen molar-refractivity contribution in [2.75, 3.05) is 0 Å². The number of fused-ring (bicyclic) bond motifs is 3. The molecule has 0 bridgehead atoms. The minimum Gasteiger partial charge on any atom is -0.455 e. The minimum atomic E-state index is 0.127. The fourth-order valence-electron chi connectivity index (χ4n) is 6.65. The lowest BCUT2D eigenvalue weighted by Crippen LogP contribution is -2.55. The maximum absolute atomic E-state index is 6.68. The third-order valence-corrected chi connectivity index (χ3v) is 9.51. The zero-order valence-corrected chi connectivity index (χ0v) is 28.2. The first-order valence-electron chi connectivity index (χ1n) is 16.4. The van der Waals surface area contributed by atoms with Gasteiger partial charge in [0.1, 0.15) is 89.6 Å². The maximum Gasteiger partial charge on any atom is 0.167 e. The van der Waals surface area contributed by atoms with Gasteiger partial charge in [-0.1, -0.05) is 101 Å². The summed E-state index contributed by atoms with van der Waals surface area (Å²) >= 11 is 0. The first-order chi connectivity index (χ1) is 25.5. The minimum absolute atomic E-state index is 0.127. The van der Waals surface area contributed by atoms with Gasteiger partial charge >= 0.3 is 0 Å². The van der Waals surface area contributed by atoms with Crippen LogP contribution in [0.3, 0.4) is 0 Å². The van der Waals surface area contributed by atoms with Crippen LogP contribution in [0.15, 0.2) is 95.4 Å². The highest BCUT2D eigenvalue weighted by molar-refractivity contribution is 6.70. The third-order valence-electron chi connectivity index (χ3n) is 9.51. The van der Waals surface area contributed by atoms with Gasteiger partial charge in [0, 0.05) is 27.5 Å². The number of para-hydroxylation sites is 2. The molecule has 8 aromatic rings. The molecule has 20 radical (unpaired) electrons. The van der Waals surface area contributed by atoms with Gasteiger partial charge in [0.05, 0.1) is 5.56 Å². The largest absolute Gasteiger partial charge is 0.455 e. The van der Waals surface area contributed by atoms with Crippen LogP contribution in [-0.2, 0) is 0 Å². The van der Waals surface area contributed by atoms with E-state index in [2.05, 4.69) is 0 Å². The summed E-state index contributed by atoms with van der Waals surface area (Å²) < 4.78 is 6.68. The van der Waals surface area contributed by atoms with E-state index in [4.69, 9.17) is 97.8 Å². The fourth-order valence-corrected chi connectivity index (χ4v) is 6.65. The number of rotatable bonds is 5. The Kier molecular flexibility index (Phi) is 8.76. The zero-order valence-electron chi connectivity index (χ0n) is 28.2. The van der Waals surface area contributed by atoms with Crippen LogP contribution in [0.25, 0.3) is 78.4 Å². The van der Waals surface area contributed by atoms with Gasteiger partial charge in [0.25, 0.3) is 0 Å². The Bertz CT molecular complexity index is 2750. The molecule has 0 aliphatic rings. The van der Waals surface area contributed by atoms with Gasteiger partial charge in [-0.25, -0.2) is 15.0 Å². The predicted molar refractivity (Wildman–Crippen MR) is 228 cm³/mol. The van der Waals surface area contributed by atoms with Crippen LogP contribution in [0.5, 0.6) is 0 Å². The molecule has 222 valence electrons. The SMILES string of the molecule is [B]c1c([B])c([B])c(-c2cccc(-c3nc(-c4ccccc4)nc(-c4cccc5c4oc4c(-c6c([B])c([B])c([B])c([B])c6[B])cccc45)n3)c2)c([B])c1[B]. The first-order valence-corrected chi connectivity index (χ1v) is 16.4. The van der Waals surface area contributed by atoms with Crippen LogP contribution >= 0.6 is 0 Å². The molecule has 0 saturated heterocycles. The predicted octanol–water partition coefficient (Wildman–Crippen LogP) is -1.96. The third kappa shape index (κ3) is 5.66.